The molecule has 0 radical (unpaired) electrons. The highest BCUT2D eigenvalue weighted by molar-refractivity contribution is 9.10. The fourth-order valence-electron chi connectivity index (χ4n) is 0.862. The standard InChI is InChI=1S/C7H9BrN2O3S.H3N/c1-13-7-6(10-14(2,11)12)3-5(8)4-9-7;/h3-4,10H,1-2H3;1H3. The van der Waals surface area contributed by atoms with Gasteiger partial charge in [0.2, 0.25) is 15.9 Å². The minimum atomic E-state index is -3.32. The van der Waals surface area contributed by atoms with Gasteiger partial charge in [0, 0.05) is 10.7 Å². The Morgan fingerprint density at radius 2 is 2.13 bits per heavy atom. The molecule has 0 unspecified atom stereocenters. The summed E-state index contributed by atoms with van der Waals surface area (Å²) in [6, 6.07) is 1.58. The van der Waals surface area contributed by atoms with Crippen LogP contribution in [-0.2, 0) is 10.0 Å². The summed E-state index contributed by atoms with van der Waals surface area (Å²) in [5.74, 6) is 0.235. The Morgan fingerprint density at radius 3 is 2.60 bits per heavy atom. The molecule has 1 aromatic heterocycles. The predicted octanol–water partition coefficient (Wildman–Crippen LogP) is 1.39. The third-order valence-corrected chi connectivity index (χ3v) is 2.33. The molecule has 15 heavy (non-hydrogen) atoms. The van der Waals surface area contributed by atoms with Crippen molar-refractivity contribution in [2.24, 2.45) is 0 Å². The average Bonchev–Trinajstić information content (AvgIpc) is 2.01. The van der Waals surface area contributed by atoms with Gasteiger partial charge < -0.3 is 10.9 Å². The molecule has 0 aliphatic heterocycles. The van der Waals surface area contributed by atoms with E-state index in [2.05, 4.69) is 25.6 Å². The summed E-state index contributed by atoms with van der Waals surface area (Å²) in [4.78, 5) is 3.88. The number of ether oxygens (including phenoxy) is 1. The van der Waals surface area contributed by atoms with Crippen molar-refractivity contribution in [3.8, 4) is 5.88 Å². The largest absolute Gasteiger partial charge is 0.479 e. The second-order valence-corrected chi connectivity index (χ2v) is 5.25. The van der Waals surface area contributed by atoms with Crippen molar-refractivity contribution >= 4 is 31.6 Å². The summed E-state index contributed by atoms with van der Waals surface area (Å²) in [7, 11) is -1.90. The van der Waals surface area contributed by atoms with Crippen LogP contribution >= 0.6 is 15.9 Å². The maximum Gasteiger partial charge on any atom is 0.238 e. The predicted molar refractivity (Wildman–Crippen MR) is 62.0 cm³/mol. The Morgan fingerprint density at radius 1 is 1.53 bits per heavy atom. The number of sulfonamides is 1. The summed E-state index contributed by atoms with van der Waals surface area (Å²) in [6.07, 6.45) is 2.58. The summed E-state index contributed by atoms with van der Waals surface area (Å²) in [5.41, 5.74) is 0.310. The number of nitrogens with zero attached hydrogens (tertiary/aromatic N) is 1. The number of rotatable bonds is 3. The molecule has 8 heteroatoms. The first-order chi connectivity index (χ1) is 6.42. The van der Waals surface area contributed by atoms with Crippen LogP contribution in [0.25, 0.3) is 0 Å². The van der Waals surface area contributed by atoms with Crippen LogP contribution in [0.2, 0.25) is 0 Å². The highest BCUT2D eigenvalue weighted by atomic mass is 79.9. The van der Waals surface area contributed by atoms with E-state index in [1.54, 1.807) is 6.07 Å². The lowest BCUT2D eigenvalue weighted by Gasteiger charge is -2.08. The summed E-state index contributed by atoms with van der Waals surface area (Å²) in [6.45, 7) is 0. The molecule has 0 saturated carbocycles. The van der Waals surface area contributed by atoms with Crippen LogP contribution in [0.15, 0.2) is 16.7 Å². The smallest absolute Gasteiger partial charge is 0.238 e. The molecule has 6 nitrogen and oxygen atoms in total. The van der Waals surface area contributed by atoms with E-state index in [9.17, 15) is 8.42 Å². The molecular weight excluding hydrogens is 286 g/mol. The quantitative estimate of drug-likeness (QED) is 0.877. The highest BCUT2D eigenvalue weighted by Crippen LogP contribution is 2.25. The van der Waals surface area contributed by atoms with Crippen LogP contribution in [-0.4, -0.2) is 26.8 Å². The van der Waals surface area contributed by atoms with Gasteiger partial charge in [0.15, 0.2) is 0 Å². The van der Waals surface area contributed by atoms with E-state index in [0.29, 0.717) is 10.2 Å². The van der Waals surface area contributed by atoms with Gasteiger partial charge in [-0.15, -0.1) is 0 Å². The Balaban J connectivity index is 0.00000196. The van der Waals surface area contributed by atoms with Crippen LogP contribution in [0.5, 0.6) is 5.88 Å². The number of hydrogen-bond donors (Lipinski definition) is 2. The highest BCUT2D eigenvalue weighted by Gasteiger charge is 2.09. The zero-order valence-corrected chi connectivity index (χ0v) is 10.7. The number of hydrogen-bond acceptors (Lipinski definition) is 5. The minimum absolute atomic E-state index is 0. The third kappa shape index (κ3) is 4.45. The zero-order chi connectivity index (χ0) is 10.8. The summed E-state index contributed by atoms with van der Waals surface area (Å²) >= 11 is 3.18. The zero-order valence-electron chi connectivity index (χ0n) is 8.32. The number of aromatic nitrogens is 1. The SMILES string of the molecule is COc1ncc(Br)cc1NS(C)(=O)=O.N. The third-order valence-electron chi connectivity index (χ3n) is 1.31. The van der Waals surface area contributed by atoms with E-state index in [0.717, 1.165) is 6.26 Å². The lowest BCUT2D eigenvalue weighted by Crippen LogP contribution is -2.11. The van der Waals surface area contributed by atoms with Gasteiger partial charge in [-0.3, -0.25) is 4.72 Å². The number of pyridine rings is 1. The van der Waals surface area contributed by atoms with Crippen molar-refractivity contribution in [3.05, 3.63) is 16.7 Å². The minimum Gasteiger partial charge on any atom is -0.479 e. The molecular formula is C7H12BrN3O3S. The number of anilines is 1. The fraction of sp³-hybridized carbons (Fsp3) is 0.286. The molecule has 0 amide bonds. The van der Waals surface area contributed by atoms with Gasteiger partial charge in [0.1, 0.15) is 5.69 Å². The van der Waals surface area contributed by atoms with Crippen molar-refractivity contribution in [1.29, 1.82) is 0 Å². The Bertz CT molecular complexity index is 435. The maximum absolute atomic E-state index is 11.0. The van der Waals surface area contributed by atoms with Crippen molar-refractivity contribution in [3.63, 3.8) is 0 Å². The molecule has 0 aliphatic carbocycles. The van der Waals surface area contributed by atoms with Crippen molar-refractivity contribution in [2.45, 2.75) is 0 Å². The van der Waals surface area contributed by atoms with Crippen LogP contribution in [0.4, 0.5) is 5.69 Å². The van der Waals surface area contributed by atoms with E-state index in [4.69, 9.17) is 4.74 Å². The molecule has 1 rings (SSSR count). The van der Waals surface area contributed by atoms with Crippen molar-refractivity contribution in [1.82, 2.24) is 11.1 Å². The van der Waals surface area contributed by atoms with Crippen LogP contribution < -0.4 is 15.6 Å². The van der Waals surface area contributed by atoms with E-state index >= 15 is 0 Å². The first-order valence-corrected chi connectivity index (χ1v) is 6.28. The van der Waals surface area contributed by atoms with Gasteiger partial charge in [0.05, 0.1) is 13.4 Å². The first kappa shape index (κ1) is 14.1. The lowest BCUT2D eigenvalue weighted by atomic mass is 10.4. The van der Waals surface area contributed by atoms with E-state index in [-0.39, 0.29) is 12.0 Å². The molecule has 1 heterocycles. The molecule has 0 saturated heterocycles. The van der Waals surface area contributed by atoms with Crippen molar-refractivity contribution in [2.75, 3.05) is 18.1 Å². The number of nitrogens with one attached hydrogen (secondary N) is 1. The van der Waals surface area contributed by atoms with Crippen molar-refractivity contribution < 1.29 is 13.2 Å². The van der Waals surface area contributed by atoms with Crippen LogP contribution in [0, 0.1) is 0 Å². The monoisotopic (exact) mass is 297 g/mol. The number of halogens is 1. The van der Waals surface area contributed by atoms with Crippen LogP contribution in [0.1, 0.15) is 0 Å². The molecule has 0 spiro atoms. The molecule has 0 fully saturated rings. The van der Waals surface area contributed by atoms with E-state index in [1.807, 2.05) is 0 Å². The number of methoxy groups -OCH3 is 1. The van der Waals surface area contributed by atoms with Gasteiger partial charge in [0.25, 0.3) is 0 Å². The lowest BCUT2D eigenvalue weighted by molar-refractivity contribution is 0.400. The molecule has 0 atom stereocenters. The summed E-state index contributed by atoms with van der Waals surface area (Å²) < 4.78 is 29.8. The van der Waals surface area contributed by atoms with Gasteiger partial charge in [-0.2, -0.15) is 0 Å². The molecule has 0 aromatic carbocycles. The molecule has 1 aromatic rings. The van der Waals surface area contributed by atoms with E-state index in [1.165, 1.54) is 13.3 Å². The second-order valence-electron chi connectivity index (χ2n) is 2.58. The van der Waals surface area contributed by atoms with Gasteiger partial charge >= 0.3 is 0 Å². The Labute approximate surface area is 96.8 Å². The van der Waals surface area contributed by atoms with Gasteiger partial charge in [-0.1, -0.05) is 0 Å². The molecule has 4 N–H and O–H groups in total. The Hall–Kier alpha value is -0.860. The fourth-order valence-corrected chi connectivity index (χ4v) is 1.74. The average molecular weight is 298 g/mol. The first-order valence-electron chi connectivity index (χ1n) is 3.59. The van der Waals surface area contributed by atoms with Gasteiger partial charge in [-0.05, 0) is 22.0 Å². The molecule has 86 valence electrons. The van der Waals surface area contributed by atoms with E-state index < -0.39 is 10.0 Å². The molecule has 0 aliphatic rings. The normalized spacial score (nSPS) is 10.3. The topological polar surface area (TPSA) is 103 Å². The second kappa shape index (κ2) is 5.29. The Kier molecular flexibility index (Phi) is 4.98. The van der Waals surface area contributed by atoms with Crippen LogP contribution in [0.3, 0.4) is 0 Å². The molecule has 0 bridgehead atoms. The maximum atomic E-state index is 11.0. The van der Waals surface area contributed by atoms with Gasteiger partial charge in [-0.25, -0.2) is 13.4 Å². The summed E-state index contributed by atoms with van der Waals surface area (Å²) in [5, 5.41) is 0.